The van der Waals surface area contributed by atoms with Crippen LogP contribution in [0.2, 0.25) is 0 Å². The Balaban J connectivity index is 2.09. The van der Waals surface area contributed by atoms with Gasteiger partial charge in [-0.3, -0.25) is 4.79 Å². The van der Waals surface area contributed by atoms with Gasteiger partial charge in [0.1, 0.15) is 11.5 Å². The molecule has 0 heterocycles. The van der Waals surface area contributed by atoms with Crippen molar-refractivity contribution in [3.63, 3.8) is 0 Å². The van der Waals surface area contributed by atoms with Crippen molar-refractivity contribution in [1.82, 2.24) is 0 Å². The number of methoxy groups -OCH3 is 2. The quantitative estimate of drug-likeness (QED) is 0.857. The number of hydrogen-bond acceptors (Lipinski definition) is 3. The molecule has 0 saturated carbocycles. The van der Waals surface area contributed by atoms with Crippen molar-refractivity contribution in [1.29, 1.82) is 0 Å². The molecule has 0 aliphatic carbocycles. The fraction of sp³-hybridized carbons (Fsp3) is 0.167. The van der Waals surface area contributed by atoms with Crippen LogP contribution in [-0.4, -0.2) is 20.1 Å². The maximum Gasteiger partial charge on any atom is 0.248 e. The van der Waals surface area contributed by atoms with Crippen molar-refractivity contribution in [2.75, 3.05) is 19.5 Å². The number of carbonyl (C=O) groups excluding carboxylic acids is 1. The molecule has 2 aromatic carbocycles. The molecule has 0 bridgehead atoms. The predicted molar refractivity (Wildman–Crippen MR) is 88.4 cm³/mol. The van der Waals surface area contributed by atoms with Crippen molar-refractivity contribution < 1.29 is 14.3 Å². The van der Waals surface area contributed by atoms with Crippen molar-refractivity contribution in [3.8, 4) is 11.5 Å². The van der Waals surface area contributed by atoms with Gasteiger partial charge < -0.3 is 14.8 Å². The predicted octanol–water partition coefficient (Wildman–Crippen LogP) is 3.66. The molecule has 1 amide bonds. The van der Waals surface area contributed by atoms with E-state index in [2.05, 4.69) is 5.32 Å². The summed E-state index contributed by atoms with van der Waals surface area (Å²) in [6.45, 7) is 1.96. The van der Waals surface area contributed by atoms with E-state index in [9.17, 15) is 4.79 Å². The lowest BCUT2D eigenvalue weighted by Crippen LogP contribution is -2.09. The number of amides is 1. The number of anilines is 1. The van der Waals surface area contributed by atoms with Gasteiger partial charge in [0.05, 0.1) is 19.9 Å². The molecule has 4 nitrogen and oxygen atoms in total. The number of carbonyl (C=O) groups is 1. The van der Waals surface area contributed by atoms with Gasteiger partial charge in [0.25, 0.3) is 0 Å². The summed E-state index contributed by atoms with van der Waals surface area (Å²) in [6, 6.07) is 13.1. The topological polar surface area (TPSA) is 47.6 Å². The van der Waals surface area contributed by atoms with Crippen molar-refractivity contribution in [3.05, 3.63) is 59.7 Å². The Morgan fingerprint density at radius 2 is 1.91 bits per heavy atom. The zero-order chi connectivity index (χ0) is 15.9. The third-order valence-corrected chi connectivity index (χ3v) is 3.13. The summed E-state index contributed by atoms with van der Waals surface area (Å²) < 4.78 is 10.4. The van der Waals surface area contributed by atoms with Crippen LogP contribution in [0.3, 0.4) is 0 Å². The molecule has 0 unspecified atom stereocenters. The molecular formula is C18H19NO3. The van der Waals surface area contributed by atoms with Crippen molar-refractivity contribution in [2.45, 2.75) is 6.92 Å². The molecule has 114 valence electrons. The average molecular weight is 297 g/mol. The summed E-state index contributed by atoms with van der Waals surface area (Å²) in [4.78, 5) is 12.0. The molecule has 0 fully saturated rings. The maximum absolute atomic E-state index is 12.0. The first-order valence-electron chi connectivity index (χ1n) is 6.90. The molecule has 0 radical (unpaired) electrons. The standard InChI is InChI=1S/C18H19NO3/c1-13-7-9-17(22-3)16(11-13)19-18(20)10-8-14-5-4-6-15(12-14)21-2/h4-12H,1-3H3,(H,19,20)/b10-8+. The van der Waals surface area contributed by atoms with E-state index < -0.39 is 0 Å². The molecular weight excluding hydrogens is 278 g/mol. The monoisotopic (exact) mass is 297 g/mol. The second kappa shape index (κ2) is 7.31. The molecule has 0 aliphatic rings. The first kappa shape index (κ1) is 15.6. The van der Waals surface area contributed by atoms with Gasteiger partial charge in [-0.2, -0.15) is 0 Å². The molecule has 0 atom stereocenters. The Bertz CT molecular complexity index is 692. The fourth-order valence-electron chi connectivity index (χ4n) is 2.01. The van der Waals surface area contributed by atoms with Crippen molar-refractivity contribution >= 4 is 17.7 Å². The number of hydrogen-bond donors (Lipinski definition) is 1. The van der Waals surface area contributed by atoms with Gasteiger partial charge in [-0.15, -0.1) is 0 Å². The highest BCUT2D eigenvalue weighted by Gasteiger charge is 2.05. The van der Waals surface area contributed by atoms with E-state index >= 15 is 0 Å². The van der Waals surface area contributed by atoms with Crippen LogP contribution in [0, 0.1) is 6.92 Å². The number of ether oxygens (including phenoxy) is 2. The first-order valence-corrected chi connectivity index (χ1v) is 6.90. The minimum atomic E-state index is -0.216. The van der Waals surface area contributed by atoms with Crippen LogP contribution >= 0.6 is 0 Å². The number of nitrogens with one attached hydrogen (secondary N) is 1. The van der Waals surface area contributed by atoms with Gasteiger partial charge in [0, 0.05) is 6.08 Å². The Hall–Kier alpha value is -2.75. The van der Waals surface area contributed by atoms with Gasteiger partial charge in [-0.1, -0.05) is 18.2 Å². The van der Waals surface area contributed by atoms with Gasteiger partial charge in [-0.05, 0) is 48.4 Å². The van der Waals surface area contributed by atoms with Gasteiger partial charge in [-0.25, -0.2) is 0 Å². The molecule has 2 rings (SSSR count). The third kappa shape index (κ3) is 4.12. The first-order chi connectivity index (χ1) is 10.6. The molecule has 0 aliphatic heterocycles. The van der Waals surface area contributed by atoms with E-state index in [1.807, 2.05) is 49.4 Å². The highest BCUT2D eigenvalue weighted by atomic mass is 16.5. The molecule has 2 aromatic rings. The van der Waals surface area contributed by atoms with Crippen LogP contribution < -0.4 is 14.8 Å². The lowest BCUT2D eigenvalue weighted by molar-refractivity contribution is -0.111. The second-order valence-corrected chi connectivity index (χ2v) is 4.80. The molecule has 0 aromatic heterocycles. The summed E-state index contributed by atoms with van der Waals surface area (Å²) in [7, 11) is 3.19. The molecule has 0 saturated heterocycles. The van der Waals surface area contributed by atoms with Crippen LogP contribution in [0.4, 0.5) is 5.69 Å². The van der Waals surface area contributed by atoms with Crippen LogP contribution in [0.15, 0.2) is 48.5 Å². The SMILES string of the molecule is COc1cccc(/C=C/C(=O)Nc2cc(C)ccc2OC)c1. The average Bonchev–Trinajstić information content (AvgIpc) is 2.53. The van der Waals surface area contributed by atoms with E-state index in [1.165, 1.54) is 6.08 Å². The van der Waals surface area contributed by atoms with Crippen LogP contribution in [0.1, 0.15) is 11.1 Å². The summed E-state index contributed by atoms with van der Waals surface area (Å²) in [5.41, 5.74) is 2.60. The van der Waals surface area contributed by atoms with Crippen molar-refractivity contribution in [2.24, 2.45) is 0 Å². The van der Waals surface area contributed by atoms with E-state index in [0.29, 0.717) is 11.4 Å². The Labute approximate surface area is 130 Å². The zero-order valence-corrected chi connectivity index (χ0v) is 12.9. The molecule has 0 spiro atoms. The Kier molecular flexibility index (Phi) is 5.20. The summed E-state index contributed by atoms with van der Waals surface area (Å²) >= 11 is 0. The Morgan fingerprint density at radius 1 is 1.09 bits per heavy atom. The van der Waals surface area contributed by atoms with Crippen LogP contribution in [0.5, 0.6) is 11.5 Å². The van der Waals surface area contributed by atoms with Gasteiger partial charge >= 0.3 is 0 Å². The van der Waals surface area contributed by atoms with Gasteiger partial charge in [0.2, 0.25) is 5.91 Å². The van der Waals surface area contributed by atoms with E-state index in [4.69, 9.17) is 9.47 Å². The van der Waals surface area contributed by atoms with E-state index in [0.717, 1.165) is 16.9 Å². The van der Waals surface area contributed by atoms with Crippen LogP contribution in [-0.2, 0) is 4.79 Å². The zero-order valence-electron chi connectivity index (χ0n) is 12.9. The minimum absolute atomic E-state index is 0.216. The smallest absolute Gasteiger partial charge is 0.248 e. The Morgan fingerprint density at radius 3 is 2.64 bits per heavy atom. The lowest BCUT2D eigenvalue weighted by Gasteiger charge is -2.09. The largest absolute Gasteiger partial charge is 0.497 e. The summed E-state index contributed by atoms with van der Waals surface area (Å²) in [5, 5.41) is 2.82. The third-order valence-electron chi connectivity index (χ3n) is 3.13. The molecule has 4 heteroatoms. The summed E-state index contributed by atoms with van der Waals surface area (Å²) in [5.74, 6) is 1.17. The number of benzene rings is 2. The maximum atomic E-state index is 12.0. The van der Waals surface area contributed by atoms with E-state index in [1.54, 1.807) is 20.3 Å². The lowest BCUT2D eigenvalue weighted by atomic mass is 10.2. The highest BCUT2D eigenvalue weighted by molar-refractivity contribution is 6.02. The fourth-order valence-corrected chi connectivity index (χ4v) is 2.01. The number of rotatable bonds is 5. The molecule has 1 N–H and O–H groups in total. The number of aryl methyl sites for hydroxylation is 1. The molecule has 22 heavy (non-hydrogen) atoms. The highest BCUT2D eigenvalue weighted by Crippen LogP contribution is 2.25. The minimum Gasteiger partial charge on any atom is -0.497 e. The van der Waals surface area contributed by atoms with Crippen LogP contribution in [0.25, 0.3) is 6.08 Å². The van der Waals surface area contributed by atoms with Gasteiger partial charge in [0.15, 0.2) is 0 Å². The second-order valence-electron chi connectivity index (χ2n) is 4.80. The normalized spacial score (nSPS) is 10.5. The van der Waals surface area contributed by atoms with E-state index in [-0.39, 0.29) is 5.91 Å². The summed E-state index contributed by atoms with van der Waals surface area (Å²) in [6.07, 6.45) is 3.22.